The average molecular weight is 483 g/mol. The SMILES string of the molecule is COc1ccc(CNC(=O)C(F)(F)C(F)(F)C(F)(F)C(F)(F)C(F)(F)C(F)(F)F)cc1. The van der Waals surface area contributed by atoms with E-state index in [4.69, 9.17) is 4.74 Å². The van der Waals surface area contributed by atoms with Crippen molar-refractivity contribution in [3.8, 4) is 5.75 Å². The van der Waals surface area contributed by atoms with Crippen LogP contribution in [0.5, 0.6) is 5.75 Å². The first-order chi connectivity index (χ1) is 13.7. The van der Waals surface area contributed by atoms with Crippen molar-refractivity contribution in [1.29, 1.82) is 0 Å². The molecule has 1 aromatic carbocycles. The van der Waals surface area contributed by atoms with Crippen LogP contribution in [0.15, 0.2) is 24.3 Å². The second kappa shape index (κ2) is 7.93. The van der Waals surface area contributed by atoms with Gasteiger partial charge in [-0.3, -0.25) is 4.79 Å². The van der Waals surface area contributed by atoms with Gasteiger partial charge in [0.25, 0.3) is 5.91 Å². The van der Waals surface area contributed by atoms with E-state index in [1.165, 1.54) is 19.2 Å². The normalized spacial score (nSPS) is 14.4. The minimum atomic E-state index is -8.05. The Morgan fingerprint density at radius 2 is 1.16 bits per heavy atom. The van der Waals surface area contributed by atoms with Gasteiger partial charge >= 0.3 is 35.8 Å². The third-order valence-electron chi connectivity index (χ3n) is 3.83. The van der Waals surface area contributed by atoms with Crippen LogP contribution >= 0.6 is 0 Å². The van der Waals surface area contributed by atoms with Gasteiger partial charge < -0.3 is 10.1 Å². The first-order valence-corrected chi connectivity index (χ1v) is 7.55. The van der Waals surface area contributed by atoms with Crippen molar-refractivity contribution in [2.75, 3.05) is 7.11 Å². The highest BCUT2D eigenvalue weighted by atomic mass is 19.4. The maximum absolute atomic E-state index is 13.6. The van der Waals surface area contributed by atoms with Crippen molar-refractivity contribution in [2.24, 2.45) is 0 Å². The molecular formula is C15H10F13NO2. The summed E-state index contributed by atoms with van der Waals surface area (Å²) in [6, 6.07) is 4.51. The van der Waals surface area contributed by atoms with Crippen LogP contribution in [0.4, 0.5) is 57.1 Å². The third-order valence-corrected chi connectivity index (χ3v) is 3.83. The smallest absolute Gasteiger partial charge is 0.460 e. The molecular weight excluding hydrogens is 473 g/mol. The molecule has 0 saturated heterocycles. The summed E-state index contributed by atoms with van der Waals surface area (Å²) in [6.45, 7) is -1.06. The molecule has 0 bridgehead atoms. The number of hydrogen-bond acceptors (Lipinski definition) is 2. The zero-order valence-electron chi connectivity index (χ0n) is 14.7. The van der Waals surface area contributed by atoms with Gasteiger partial charge in [0.05, 0.1) is 7.11 Å². The molecule has 16 heteroatoms. The molecule has 31 heavy (non-hydrogen) atoms. The summed E-state index contributed by atoms with van der Waals surface area (Å²) in [5.74, 6) is -41.5. The second-order valence-electron chi connectivity index (χ2n) is 5.90. The fraction of sp³-hybridized carbons (Fsp3) is 0.533. The van der Waals surface area contributed by atoms with Crippen molar-refractivity contribution >= 4 is 5.91 Å². The van der Waals surface area contributed by atoms with Gasteiger partial charge in [0, 0.05) is 6.54 Å². The number of carbonyl (C=O) groups excluding carboxylic acids is 1. The highest BCUT2D eigenvalue weighted by Crippen LogP contribution is 2.60. The van der Waals surface area contributed by atoms with E-state index in [1.807, 2.05) is 0 Å². The first-order valence-electron chi connectivity index (χ1n) is 7.55. The summed E-state index contributed by atoms with van der Waals surface area (Å²) in [7, 11) is 1.22. The molecule has 178 valence electrons. The van der Waals surface area contributed by atoms with Crippen molar-refractivity contribution in [3.05, 3.63) is 29.8 Å². The zero-order chi connectivity index (χ0) is 24.7. The van der Waals surface area contributed by atoms with Crippen LogP contribution in [-0.4, -0.2) is 48.8 Å². The van der Waals surface area contributed by atoms with E-state index >= 15 is 0 Å². The van der Waals surface area contributed by atoms with Crippen molar-refractivity contribution in [2.45, 2.75) is 42.3 Å². The minimum Gasteiger partial charge on any atom is -0.497 e. The number of alkyl halides is 13. The fourth-order valence-corrected chi connectivity index (χ4v) is 1.95. The van der Waals surface area contributed by atoms with E-state index in [2.05, 4.69) is 0 Å². The molecule has 1 aromatic rings. The molecule has 1 amide bonds. The maximum atomic E-state index is 13.6. The van der Waals surface area contributed by atoms with Crippen LogP contribution in [0, 0.1) is 0 Å². The monoisotopic (exact) mass is 483 g/mol. The number of hydrogen-bond donors (Lipinski definition) is 1. The number of carbonyl (C=O) groups is 1. The van der Waals surface area contributed by atoms with Gasteiger partial charge in [-0.15, -0.1) is 0 Å². The standard InChI is InChI=1S/C15H10F13NO2/c1-31-8-4-2-7(3-5-8)6-29-9(30)10(16,17)11(18,19)12(20,21)13(22,23)14(24,25)15(26,27)28/h2-5H,6H2,1H3,(H,29,30). The van der Waals surface area contributed by atoms with Crippen LogP contribution in [0.2, 0.25) is 0 Å². The minimum absolute atomic E-state index is 0.117. The topological polar surface area (TPSA) is 38.3 Å². The lowest BCUT2D eigenvalue weighted by Gasteiger charge is -2.39. The molecule has 0 radical (unpaired) electrons. The molecule has 0 spiro atoms. The Morgan fingerprint density at radius 1 is 0.742 bits per heavy atom. The van der Waals surface area contributed by atoms with Gasteiger partial charge in [0.2, 0.25) is 0 Å². The molecule has 0 aliphatic rings. The summed E-state index contributed by atoms with van der Waals surface area (Å²) >= 11 is 0. The predicted octanol–water partition coefficient (Wildman–Crippen LogP) is 5.05. The average Bonchev–Trinajstić information content (AvgIpc) is 2.64. The van der Waals surface area contributed by atoms with Gasteiger partial charge in [-0.1, -0.05) is 12.1 Å². The Bertz CT molecular complexity index is 787. The second-order valence-corrected chi connectivity index (χ2v) is 5.90. The first kappa shape index (κ1) is 26.6. The van der Waals surface area contributed by atoms with E-state index in [9.17, 15) is 61.9 Å². The number of benzene rings is 1. The number of halogens is 13. The van der Waals surface area contributed by atoms with Gasteiger partial charge in [-0.05, 0) is 17.7 Å². The number of methoxy groups -OCH3 is 1. The third kappa shape index (κ3) is 4.20. The Balaban J connectivity index is 3.20. The van der Waals surface area contributed by atoms with Crippen LogP contribution in [0.25, 0.3) is 0 Å². The summed E-state index contributed by atoms with van der Waals surface area (Å²) in [5, 5.41) is 0.978. The van der Waals surface area contributed by atoms with E-state index in [0.717, 1.165) is 17.4 Å². The Morgan fingerprint density at radius 3 is 1.55 bits per heavy atom. The van der Waals surface area contributed by atoms with Crippen molar-refractivity contribution in [1.82, 2.24) is 5.32 Å². The van der Waals surface area contributed by atoms with E-state index < -0.39 is 48.2 Å². The summed E-state index contributed by atoms with van der Waals surface area (Å²) < 4.78 is 173. The maximum Gasteiger partial charge on any atom is 0.460 e. The molecule has 1 N–H and O–H groups in total. The quantitative estimate of drug-likeness (QED) is 0.526. The molecule has 3 nitrogen and oxygen atoms in total. The Labute approximate surface area is 164 Å². The molecule has 0 unspecified atom stereocenters. The predicted molar refractivity (Wildman–Crippen MR) is 75.6 cm³/mol. The Hall–Kier alpha value is -2.42. The molecule has 0 aromatic heterocycles. The summed E-state index contributed by atoms with van der Waals surface area (Å²) in [6.07, 6.45) is -7.51. The molecule has 0 fully saturated rings. The molecule has 0 aliphatic heterocycles. The fourth-order valence-electron chi connectivity index (χ4n) is 1.95. The largest absolute Gasteiger partial charge is 0.497 e. The molecule has 1 rings (SSSR count). The lowest BCUT2D eigenvalue weighted by atomic mass is 9.93. The number of ether oxygens (including phenoxy) is 1. The van der Waals surface area contributed by atoms with E-state index in [-0.39, 0.29) is 11.3 Å². The molecule has 0 saturated carbocycles. The van der Waals surface area contributed by atoms with Gasteiger partial charge in [0.1, 0.15) is 5.75 Å². The van der Waals surface area contributed by atoms with Crippen LogP contribution < -0.4 is 10.1 Å². The van der Waals surface area contributed by atoms with E-state index in [0.29, 0.717) is 0 Å². The van der Waals surface area contributed by atoms with Crippen molar-refractivity contribution in [3.63, 3.8) is 0 Å². The number of nitrogens with one attached hydrogen (secondary N) is 1. The van der Waals surface area contributed by atoms with Crippen molar-refractivity contribution < 1.29 is 66.6 Å². The summed E-state index contributed by atoms with van der Waals surface area (Å²) in [4.78, 5) is 11.3. The molecule has 0 heterocycles. The Kier molecular flexibility index (Phi) is 6.81. The van der Waals surface area contributed by atoms with Crippen LogP contribution in [-0.2, 0) is 11.3 Å². The van der Waals surface area contributed by atoms with Gasteiger partial charge in [-0.25, -0.2) is 0 Å². The van der Waals surface area contributed by atoms with E-state index in [1.54, 1.807) is 0 Å². The molecule has 0 atom stereocenters. The molecule has 0 aliphatic carbocycles. The lowest BCUT2D eigenvalue weighted by molar-refractivity contribution is -0.436. The highest BCUT2D eigenvalue weighted by Gasteiger charge is 2.91. The van der Waals surface area contributed by atoms with Gasteiger partial charge in [-0.2, -0.15) is 57.1 Å². The number of rotatable bonds is 8. The van der Waals surface area contributed by atoms with Crippen LogP contribution in [0.1, 0.15) is 5.56 Å². The highest BCUT2D eigenvalue weighted by molar-refractivity contribution is 5.84. The summed E-state index contributed by atoms with van der Waals surface area (Å²) in [5.41, 5.74) is -0.117. The lowest BCUT2D eigenvalue weighted by Crippen LogP contribution is -2.71. The van der Waals surface area contributed by atoms with Crippen LogP contribution in [0.3, 0.4) is 0 Å². The van der Waals surface area contributed by atoms with Gasteiger partial charge in [0.15, 0.2) is 0 Å². The zero-order valence-corrected chi connectivity index (χ0v) is 14.7. The number of amides is 1.